The number of aryl methyl sites for hydroxylation is 1. The SMILES string of the molecule is Cc1ccc(/C=C2\Oc3c(ccc4c3CN(C3CCCCC3)CO4)C2=O)cc1. The molecule has 4 heteroatoms. The van der Waals surface area contributed by atoms with Crippen molar-refractivity contribution in [3.63, 3.8) is 0 Å². The average molecular weight is 375 g/mol. The lowest BCUT2D eigenvalue weighted by Crippen LogP contribution is -2.41. The van der Waals surface area contributed by atoms with Crippen molar-refractivity contribution >= 4 is 11.9 Å². The Balaban J connectivity index is 1.44. The van der Waals surface area contributed by atoms with Crippen molar-refractivity contribution in [2.24, 2.45) is 0 Å². The van der Waals surface area contributed by atoms with E-state index in [0.717, 1.165) is 23.4 Å². The van der Waals surface area contributed by atoms with E-state index in [-0.39, 0.29) is 5.78 Å². The highest BCUT2D eigenvalue weighted by molar-refractivity contribution is 6.15. The number of benzene rings is 2. The zero-order chi connectivity index (χ0) is 19.1. The van der Waals surface area contributed by atoms with Gasteiger partial charge < -0.3 is 9.47 Å². The third-order valence-corrected chi connectivity index (χ3v) is 6.11. The van der Waals surface area contributed by atoms with E-state index < -0.39 is 0 Å². The molecule has 144 valence electrons. The third-order valence-electron chi connectivity index (χ3n) is 6.11. The van der Waals surface area contributed by atoms with Crippen molar-refractivity contribution in [3.05, 3.63) is 64.4 Å². The Bertz CT molecular complexity index is 939. The quantitative estimate of drug-likeness (QED) is 0.685. The van der Waals surface area contributed by atoms with Crippen LogP contribution in [0.4, 0.5) is 0 Å². The highest BCUT2D eigenvalue weighted by Gasteiger charge is 2.35. The molecular weight excluding hydrogens is 350 g/mol. The van der Waals surface area contributed by atoms with Crippen LogP contribution in [0.5, 0.6) is 11.5 Å². The van der Waals surface area contributed by atoms with Gasteiger partial charge in [-0.1, -0.05) is 49.1 Å². The van der Waals surface area contributed by atoms with Crippen molar-refractivity contribution in [2.75, 3.05) is 6.73 Å². The van der Waals surface area contributed by atoms with E-state index in [2.05, 4.69) is 4.90 Å². The van der Waals surface area contributed by atoms with Crippen LogP contribution < -0.4 is 9.47 Å². The minimum atomic E-state index is -0.0480. The summed E-state index contributed by atoms with van der Waals surface area (Å²) in [5, 5.41) is 0. The highest BCUT2D eigenvalue weighted by Crippen LogP contribution is 2.43. The minimum Gasteiger partial charge on any atom is -0.478 e. The van der Waals surface area contributed by atoms with E-state index in [0.29, 0.717) is 29.8 Å². The summed E-state index contributed by atoms with van der Waals surface area (Å²) < 4.78 is 12.1. The van der Waals surface area contributed by atoms with Crippen molar-refractivity contribution in [1.29, 1.82) is 0 Å². The number of ketones is 1. The Kier molecular flexibility index (Phi) is 4.44. The van der Waals surface area contributed by atoms with Gasteiger partial charge in [-0.2, -0.15) is 0 Å². The van der Waals surface area contributed by atoms with Crippen LogP contribution in [0, 0.1) is 6.92 Å². The number of fused-ring (bicyclic) bond motifs is 3. The van der Waals surface area contributed by atoms with Crippen LogP contribution in [0.15, 0.2) is 42.2 Å². The summed E-state index contributed by atoms with van der Waals surface area (Å²) in [6.45, 7) is 3.46. The molecule has 1 fully saturated rings. The number of hydrogen-bond donors (Lipinski definition) is 0. The van der Waals surface area contributed by atoms with Crippen LogP contribution in [-0.4, -0.2) is 23.5 Å². The molecule has 0 radical (unpaired) electrons. The normalized spacial score (nSPS) is 21.2. The van der Waals surface area contributed by atoms with E-state index in [4.69, 9.17) is 9.47 Å². The zero-order valence-electron chi connectivity index (χ0n) is 16.2. The fourth-order valence-electron chi connectivity index (χ4n) is 4.47. The Morgan fingerprint density at radius 2 is 1.82 bits per heavy atom. The molecule has 28 heavy (non-hydrogen) atoms. The molecule has 2 heterocycles. The Morgan fingerprint density at radius 3 is 2.61 bits per heavy atom. The number of carbonyl (C=O) groups is 1. The predicted octanol–water partition coefficient (Wildman–Crippen LogP) is 5.10. The fourth-order valence-corrected chi connectivity index (χ4v) is 4.47. The van der Waals surface area contributed by atoms with E-state index in [1.54, 1.807) is 0 Å². The lowest BCUT2D eigenvalue weighted by Gasteiger charge is -2.37. The molecule has 0 bridgehead atoms. The maximum atomic E-state index is 12.9. The summed E-state index contributed by atoms with van der Waals surface area (Å²) in [5.74, 6) is 1.87. The van der Waals surface area contributed by atoms with Gasteiger partial charge in [-0.15, -0.1) is 0 Å². The molecule has 2 aromatic rings. The molecule has 1 aliphatic carbocycles. The topological polar surface area (TPSA) is 38.8 Å². The van der Waals surface area contributed by atoms with E-state index >= 15 is 0 Å². The summed E-state index contributed by atoms with van der Waals surface area (Å²) in [7, 11) is 0. The van der Waals surface area contributed by atoms with Gasteiger partial charge in [0.2, 0.25) is 5.78 Å². The lowest BCUT2D eigenvalue weighted by molar-refractivity contribution is 0.0394. The number of hydrogen-bond acceptors (Lipinski definition) is 4. The Labute approximate surface area is 165 Å². The molecule has 2 aliphatic heterocycles. The molecular formula is C24H25NO3. The van der Waals surface area contributed by atoms with Gasteiger partial charge in [0.15, 0.2) is 5.76 Å². The summed E-state index contributed by atoms with van der Waals surface area (Å²) in [5.41, 5.74) is 3.81. The first-order valence-electron chi connectivity index (χ1n) is 10.2. The molecule has 0 unspecified atom stereocenters. The van der Waals surface area contributed by atoms with Gasteiger partial charge in [0.1, 0.15) is 18.2 Å². The van der Waals surface area contributed by atoms with Crippen LogP contribution in [0.3, 0.4) is 0 Å². The first kappa shape index (κ1) is 17.5. The van der Waals surface area contributed by atoms with Gasteiger partial charge in [-0.25, -0.2) is 0 Å². The highest BCUT2D eigenvalue weighted by atomic mass is 16.5. The first-order valence-corrected chi connectivity index (χ1v) is 10.2. The predicted molar refractivity (Wildman–Crippen MR) is 108 cm³/mol. The van der Waals surface area contributed by atoms with Crippen molar-refractivity contribution < 1.29 is 14.3 Å². The third kappa shape index (κ3) is 3.12. The molecule has 0 spiro atoms. The largest absolute Gasteiger partial charge is 0.478 e. The molecule has 2 aromatic carbocycles. The van der Waals surface area contributed by atoms with Gasteiger partial charge in [-0.3, -0.25) is 9.69 Å². The van der Waals surface area contributed by atoms with Gasteiger partial charge in [0.25, 0.3) is 0 Å². The molecule has 0 N–H and O–H groups in total. The van der Waals surface area contributed by atoms with E-state index in [1.165, 1.54) is 37.7 Å². The second-order valence-electron chi connectivity index (χ2n) is 8.08. The molecule has 4 nitrogen and oxygen atoms in total. The van der Waals surface area contributed by atoms with Crippen LogP contribution in [0.25, 0.3) is 6.08 Å². The molecule has 0 saturated heterocycles. The van der Waals surface area contributed by atoms with Gasteiger partial charge in [-0.05, 0) is 43.5 Å². The average Bonchev–Trinajstić information content (AvgIpc) is 3.06. The minimum absolute atomic E-state index is 0.0480. The van der Waals surface area contributed by atoms with Crippen molar-refractivity contribution in [2.45, 2.75) is 51.6 Å². The van der Waals surface area contributed by atoms with Gasteiger partial charge >= 0.3 is 0 Å². The van der Waals surface area contributed by atoms with Gasteiger partial charge in [0.05, 0.1) is 11.1 Å². The molecule has 1 saturated carbocycles. The molecule has 0 aromatic heterocycles. The molecule has 3 aliphatic rings. The lowest BCUT2D eigenvalue weighted by atomic mass is 9.93. The molecule has 0 amide bonds. The molecule has 0 atom stereocenters. The number of ether oxygens (including phenoxy) is 2. The van der Waals surface area contributed by atoms with Crippen LogP contribution >= 0.6 is 0 Å². The van der Waals surface area contributed by atoms with E-state index in [1.807, 2.05) is 49.4 Å². The first-order chi connectivity index (χ1) is 13.7. The maximum absolute atomic E-state index is 12.9. The van der Waals surface area contributed by atoms with Crippen LogP contribution in [0.1, 0.15) is 59.2 Å². The summed E-state index contributed by atoms with van der Waals surface area (Å²) in [6.07, 6.45) is 8.20. The number of Topliss-reactive ketones (excluding diaryl/α,β-unsaturated/α-hetero) is 1. The smallest absolute Gasteiger partial charge is 0.231 e. The second kappa shape index (κ2) is 7.10. The van der Waals surface area contributed by atoms with Crippen LogP contribution in [0.2, 0.25) is 0 Å². The Hall–Kier alpha value is -2.59. The number of nitrogens with zero attached hydrogens (tertiary/aromatic N) is 1. The number of carbonyl (C=O) groups excluding carboxylic acids is 1. The monoisotopic (exact) mass is 375 g/mol. The summed E-state index contributed by atoms with van der Waals surface area (Å²) >= 11 is 0. The van der Waals surface area contributed by atoms with Gasteiger partial charge in [0, 0.05) is 12.6 Å². The maximum Gasteiger partial charge on any atom is 0.231 e. The number of rotatable bonds is 2. The summed E-state index contributed by atoms with van der Waals surface area (Å²) in [6, 6.07) is 12.4. The van der Waals surface area contributed by atoms with Crippen molar-refractivity contribution in [3.8, 4) is 11.5 Å². The number of allylic oxidation sites excluding steroid dienone is 1. The fraction of sp³-hybridized carbons (Fsp3) is 0.375. The second-order valence-corrected chi connectivity index (χ2v) is 8.08. The molecule has 5 rings (SSSR count). The Morgan fingerprint density at radius 1 is 1.04 bits per heavy atom. The van der Waals surface area contributed by atoms with Crippen molar-refractivity contribution in [1.82, 2.24) is 4.90 Å². The summed E-state index contributed by atoms with van der Waals surface area (Å²) in [4.78, 5) is 15.3. The zero-order valence-corrected chi connectivity index (χ0v) is 16.2. The van der Waals surface area contributed by atoms with Crippen LogP contribution in [-0.2, 0) is 6.54 Å². The van der Waals surface area contributed by atoms with E-state index in [9.17, 15) is 4.79 Å². The standard InChI is InChI=1S/C24H25NO3/c1-16-7-9-17(10-8-16)13-22-23(26)19-11-12-21-20(24(19)28-22)14-25(15-27-21)18-5-3-2-4-6-18/h7-13,18H,2-6,14-15H2,1H3/b22-13-.